The molecule has 5 heteroatoms. The summed E-state index contributed by atoms with van der Waals surface area (Å²) in [6.45, 7) is 0. The molecule has 0 aliphatic carbocycles. The third kappa shape index (κ3) is 5.24. The molecule has 0 radical (unpaired) electrons. The van der Waals surface area contributed by atoms with E-state index in [0.29, 0.717) is 5.95 Å². The van der Waals surface area contributed by atoms with Gasteiger partial charge >= 0.3 is 0 Å². The molecule has 9 aromatic carbocycles. The highest BCUT2D eigenvalue weighted by molar-refractivity contribution is 7.22. The summed E-state index contributed by atoms with van der Waals surface area (Å²) in [7, 11) is 0. The second-order valence-corrected chi connectivity index (χ2v) is 16.8. The lowest BCUT2D eigenvalue weighted by molar-refractivity contribution is 1.02. The van der Waals surface area contributed by atoms with Crippen LogP contribution in [0.1, 0.15) is 0 Å². The molecular formula is C56H34N4S. The van der Waals surface area contributed by atoms with E-state index in [9.17, 15) is 0 Å². The topological polar surface area (TPSA) is 35.6 Å². The maximum Gasteiger partial charge on any atom is 0.235 e. The van der Waals surface area contributed by atoms with Crippen LogP contribution in [0.15, 0.2) is 206 Å². The van der Waals surface area contributed by atoms with E-state index in [4.69, 9.17) is 9.97 Å². The minimum atomic E-state index is 0.662. The Morgan fingerprint density at radius 3 is 1.72 bits per heavy atom. The number of hydrogen-bond acceptors (Lipinski definition) is 3. The first-order valence-corrected chi connectivity index (χ1v) is 21.5. The van der Waals surface area contributed by atoms with Crippen molar-refractivity contribution in [1.29, 1.82) is 0 Å². The Labute approximate surface area is 354 Å². The van der Waals surface area contributed by atoms with Crippen LogP contribution in [0.4, 0.5) is 0 Å². The number of thiophene rings is 1. The van der Waals surface area contributed by atoms with Crippen LogP contribution in [0.3, 0.4) is 0 Å². The summed E-state index contributed by atoms with van der Waals surface area (Å²) >= 11 is 1.75. The van der Waals surface area contributed by atoms with E-state index in [-0.39, 0.29) is 0 Å². The molecule has 0 N–H and O–H groups in total. The van der Waals surface area contributed by atoms with Gasteiger partial charge in [-0.15, -0.1) is 11.3 Å². The first-order valence-electron chi connectivity index (χ1n) is 20.7. The van der Waals surface area contributed by atoms with Gasteiger partial charge in [-0.05, 0) is 81.4 Å². The van der Waals surface area contributed by atoms with Crippen LogP contribution in [0, 0.1) is 0 Å². The van der Waals surface area contributed by atoms with Gasteiger partial charge in [-0.1, -0.05) is 158 Å². The van der Waals surface area contributed by atoms with E-state index in [1.165, 1.54) is 64.7 Å². The Balaban J connectivity index is 1.07. The molecule has 0 saturated carbocycles. The molecule has 4 aromatic heterocycles. The molecule has 4 heterocycles. The predicted molar refractivity (Wildman–Crippen MR) is 257 cm³/mol. The monoisotopic (exact) mass is 794 g/mol. The van der Waals surface area contributed by atoms with E-state index in [1.54, 1.807) is 11.3 Å². The van der Waals surface area contributed by atoms with Crippen molar-refractivity contribution in [3.63, 3.8) is 0 Å². The summed E-state index contributed by atoms with van der Waals surface area (Å²) in [5.74, 6) is 0.662. The van der Waals surface area contributed by atoms with E-state index in [1.807, 2.05) is 0 Å². The second kappa shape index (κ2) is 13.3. The van der Waals surface area contributed by atoms with Gasteiger partial charge in [0.1, 0.15) is 0 Å². The van der Waals surface area contributed by atoms with Crippen LogP contribution in [-0.2, 0) is 0 Å². The molecule has 4 nitrogen and oxygen atoms in total. The summed E-state index contributed by atoms with van der Waals surface area (Å²) in [5.41, 5.74) is 12.2. The normalized spacial score (nSPS) is 11.9. The second-order valence-electron chi connectivity index (χ2n) is 15.8. The highest BCUT2D eigenvalue weighted by Gasteiger charge is 2.22. The number of fused-ring (bicyclic) bond motifs is 11. The zero-order chi connectivity index (χ0) is 40.0. The highest BCUT2D eigenvalue weighted by Crippen LogP contribution is 2.43. The SMILES string of the molecule is c1ccc(-c2cc3nc(-n4c5ccc(-c6ccc7c(c6)c6c8ccccc8ccc6n7-c6ccccc6)cc5c5ccc6ccccc6c54)nc(-c4ccccc4)c3s2)cc1. The van der Waals surface area contributed by atoms with Crippen LogP contribution in [0.25, 0.3) is 120 Å². The fraction of sp³-hybridized carbons (Fsp3) is 0. The van der Waals surface area contributed by atoms with Crippen molar-refractivity contribution in [2.24, 2.45) is 0 Å². The molecule has 284 valence electrons. The third-order valence-corrected chi connectivity index (χ3v) is 13.5. The van der Waals surface area contributed by atoms with Crippen molar-refractivity contribution < 1.29 is 0 Å². The van der Waals surface area contributed by atoms with Gasteiger partial charge in [-0.3, -0.25) is 4.57 Å². The summed E-state index contributed by atoms with van der Waals surface area (Å²) < 4.78 is 5.78. The van der Waals surface area contributed by atoms with Crippen LogP contribution < -0.4 is 0 Å². The quantitative estimate of drug-likeness (QED) is 0.174. The molecule has 0 bridgehead atoms. The molecule has 0 spiro atoms. The van der Waals surface area contributed by atoms with Crippen molar-refractivity contribution in [1.82, 2.24) is 19.1 Å². The van der Waals surface area contributed by atoms with Crippen LogP contribution in [0.2, 0.25) is 0 Å². The number of nitrogens with zero attached hydrogens (tertiary/aromatic N) is 4. The Morgan fingerprint density at radius 2 is 0.967 bits per heavy atom. The number of rotatable bonds is 5. The Hall–Kier alpha value is -7.86. The molecule has 0 unspecified atom stereocenters. The molecule has 61 heavy (non-hydrogen) atoms. The van der Waals surface area contributed by atoms with Crippen molar-refractivity contribution in [2.75, 3.05) is 0 Å². The van der Waals surface area contributed by atoms with Crippen molar-refractivity contribution in [3.8, 4) is 44.5 Å². The molecule has 0 atom stereocenters. The molecule has 13 aromatic rings. The lowest BCUT2D eigenvalue weighted by atomic mass is 9.98. The molecule has 0 fully saturated rings. The summed E-state index contributed by atoms with van der Waals surface area (Å²) in [6, 6.07) is 74.4. The number of benzene rings is 9. The molecule has 0 aliphatic heterocycles. The molecule has 0 amide bonds. The molecule has 0 saturated heterocycles. The summed E-state index contributed by atoms with van der Waals surface area (Å²) in [6.07, 6.45) is 0. The van der Waals surface area contributed by atoms with Gasteiger partial charge in [-0.2, -0.15) is 0 Å². The molecular weight excluding hydrogens is 761 g/mol. The fourth-order valence-electron chi connectivity index (χ4n) is 9.55. The van der Waals surface area contributed by atoms with E-state index in [0.717, 1.165) is 49.1 Å². The number of hydrogen-bond donors (Lipinski definition) is 0. The fourth-order valence-corrected chi connectivity index (χ4v) is 10.7. The van der Waals surface area contributed by atoms with Crippen LogP contribution in [-0.4, -0.2) is 19.1 Å². The number of aromatic nitrogens is 4. The van der Waals surface area contributed by atoms with Gasteiger partial charge in [0.15, 0.2) is 0 Å². The van der Waals surface area contributed by atoms with Crippen LogP contribution in [0.5, 0.6) is 0 Å². The van der Waals surface area contributed by atoms with Gasteiger partial charge in [0.25, 0.3) is 0 Å². The maximum atomic E-state index is 5.48. The summed E-state index contributed by atoms with van der Waals surface area (Å²) in [4.78, 5) is 12.1. The lowest BCUT2D eigenvalue weighted by Crippen LogP contribution is -2.03. The minimum absolute atomic E-state index is 0.662. The van der Waals surface area contributed by atoms with Gasteiger partial charge in [0, 0.05) is 43.1 Å². The Kier molecular flexibility index (Phi) is 7.44. The standard InChI is InChI=1S/C56H34N4S/c1-4-16-37(17-5-1)51-34-47-55(61-51)53(38-18-6-2-7-19-38)58-56(57-47)60-48-29-26-39(32-45(48)44-28-24-36-15-11-13-23-43(36)54(44)60)40-27-30-49-46(33-40)52-42-22-12-10-14-35(42)25-31-50(52)59(49)41-20-8-3-9-21-41/h1-34H. The smallest absolute Gasteiger partial charge is 0.235 e. The predicted octanol–water partition coefficient (Wildman–Crippen LogP) is 15.2. The van der Waals surface area contributed by atoms with Gasteiger partial charge < -0.3 is 4.57 Å². The molecule has 0 aliphatic rings. The number of para-hydroxylation sites is 1. The minimum Gasteiger partial charge on any atom is -0.309 e. The average Bonchev–Trinajstić information content (AvgIpc) is 4.02. The zero-order valence-corrected chi connectivity index (χ0v) is 33.6. The van der Waals surface area contributed by atoms with Gasteiger partial charge in [0.2, 0.25) is 5.95 Å². The highest BCUT2D eigenvalue weighted by atomic mass is 32.1. The van der Waals surface area contributed by atoms with Gasteiger partial charge in [0.05, 0.1) is 38.0 Å². The first kappa shape index (κ1) is 34.0. The third-order valence-electron chi connectivity index (χ3n) is 12.3. The van der Waals surface area contributed by atoms with Crippen molar-refractivity contribution >= 4 is 86.7 Å². The van der Waals surface area contributed by atoms with E-state index >= 15 is 0 Å². The largest absolute Gasteiger partial charge is 0.309 e. The first-order chi connectivity index (χ1) is 30.2. The summed E-state index contributed by atoms with van der Waals surface area (Å²) in [5, 5.41) is 9.69. The molecule has 13 rings (SSSR count). The van der Waals surface area contributed by atoms with Gasteiger partial charge in [-0.25, -0.2) is 9.97 Å². The zero-order valence-electron chi connectivity index (χ0n) is 32.8. The average molecular weight is 795 g/mol. The van der Waals surface area contributed by atoms with Crippen LogP contribution >= 0.6 is 11.3 Å². The lowest BCUT2D eigenvalue weighted by Gasteiger charge is -2.11. The Bertz CT molecular complexity index is 3860. The Morgan fingerprint density at radius 1 is 0.377 bits per heavy atom. The van der Waals surface area contributed by atoms with Crippen molar-refractivity contribution in [2.45, 2.75) is 0 Å². The van der Waals surface area contributed by atoms with Crippen molar-refractivity contribution in [3.05, 3.63) is 206 Å². The maximum absolute atomic E-state index is 5.48. The van der Waals surface area contributed by atoms with E-state index in [2.05, 4.69) is 215 Å². The van der Waals surface area contributed by atoms with E-state index < -0.39 is 0 Å².